The molecule has 0 radical (unpaired) electrons. The summed E-state index contributed by atoms with van der Waals surface area (Å²) in [6.07, 6.45) is 0.894. The zero-order valence-corrected chi connectivity index (χ0v) is 13.4. The molecule has 2 N–H and O–H groups in total. The minimum atomic E-state index is 0.0595. The first-order valence-electron chi connectivity index (χ1n) is 7.45. The van der Waals surface area contributed by atoms with Gasteiger partial charge in [-0.1, -0.05) is 56.3 Å². The fourth-order valence-electron chi connectivity index (χ4n) is 2.67. The van der Waals surface area contributed by atoms with Crippen molar-refractivity contribution in [2.45, 2.75) is 32.2 Å². The molecule has 108 valence electrons. The number of thiophene rings is 1. The maximum Gasteiger partial charge on any atom is 0.0345 e. The summed E-state index contributed by atoms with van der Waals surface area (Å²) in [7, 11) is 0. The minimum absolute atomic E-state index is 0.0595. The molecule has 1 atom stereocenters. The Hall–Kier alpha value is -1.64. The molecule has 0 aliphatic carbocycles. The lowest BCUT2D eigenvalue weighted by Gasteiger charge is -2.13. The number of nitrogens with two attached hydrogens (primary N) is 1. The lowest BCUT2D eigenvalue weighted by atomic mass is 9.96. The van der Waals surface area contributed by atoms with Gasteiger partial charge in [0.05, 0.1) is 0 Å². The van der Waals surface area contributed by atoms with Crippen LogP contribution in [0.3, 0.4) is 0 Å². The molecule has 0 bridgehead atoms. The highest BCUT2D eigenvalue weighted by Gasteiger charge is 2.11. The Labute approximate surface area is 130 Å². The quantitative estimate of drug-likeness (QED) is 0.697. The molecule has 0 amide bonds. The second-order valence-electron chi connectivity index (χ2n) is 5.89. The van der Waals surface area contributed by atoms with Crippen LogP contribution in [0.4, 0.5) is 0 Å². The van der Waals surface area contributed by atoms with E-state index in [2.05, 4.69) is 67.8 Å². The third-order valence-electron chi connectivity index (χ3n) is 4.03. The molecule has 0 saturated heterocycles. The molecule has 0 aliphatic rings. The first-order valence-corrected chi connectivity index (χ1v) is 8.33. The van der Waals surface area contributed by atoms with E-state index in [1.54, 1.807) is 11.3 Å². The van der Waals surface area contributed by atoms with Crippen LogP contribution in [0.2, 0.25) is 0 Å². The molecule has 1 nitrogen and oxygen atoms in total. The smallest absolute Gasteiger partial charge is 0.0345 e. The molecule has 0 spiro atoms. The van der Waals surface area contributed by atoms with Gasteiger partial charge in [0.25, 0.3) is 0 Å². The second kappa shape index (κ2) is 6.00. The molecule has 1 unspecified atom stereocenters. The zero-order valence-electron chi connectivity index (χ0n) is 12.5. The highest BCUT2D eigenvalue weighted by Crippen LogP contribution is 2.29. The molecule has 1 aromatic heterocycles. The third-order valence-corrected chi connectivity index (χ3v) is 5.04. The van der Waals surface area contributed by atoms with Crippen molar-refractivity contribution in [1.82, 2.24) is 0 Å². The van der Waals surface area contributed by atoms with Crippen LogP contribution < -0.4 is 5.73 Å². The summed E-state index contributed by atoms with van der Waals surface area (Å²) in [5.74, 6) is 0.566. The predicted octanol–water partition coefficient (Wildman–Crippen LogP) is 5.27. The van der Waals surface area contributed by atoms with E-state index in [0.717, 1.165) is 6.42 Å². The van der Waals surface area contributed by atoms with Gasteiger partial charge in [0.2, 0.25) is 0 Å². The van der Waals surface area contributed by atoms with Crippen molar-refractivity contribution in [3.8, 4) is 0 Å². The SMILES string of the molecule is CC(C)c1ccc(C(N)Cc2csc3ccccc23)cc1. The Balaban J connectivity index is 1.81. The minimum Gasteiger partial charge on any atom is -0.324 e. The molecule has 3 aromatic rings. The molecule has 2 heteroatoms. The zero-order chi connectivity index (χ0) is 14.8. The Morgan fingerprint density at radius 3 is 2.33 bits per heavy atom. The number of benzene rings is 2. The van der Waals surface area contributed by atoms with E-state index in [4.69, 9.17) is 5.73 Å². The van der Waals surface area contributed by atoms with Gasteiger partial charge in [0.15, 0.2) is 0 Å². The van der Waals surface area contributed by atoms with E-state index in [0.29, 0.717) is 5.92 Å². The van der Waals surface area contributed by atoms with Crippen molar-refractivity contribution >= 4 is 21.4 Å². The van der Waals surface area contributed by atoms with Gasteiger partial charge >= 0.3 is 0 Å². The number of hydrogen-bond donors (Lipinski definition) is 1. The summed E-state index contributed by atoms with van der Waals surface area (Å²) in [6.45, 7) is 4.43. The fraction of sp³-hybridized carbons (Fsp3) is 0.263. The number of fused-ring (bicyclic) bond motifs is 1. The van der Waals surface area contributed by atoms with E-state index in [1.165, 1.54) is 26.8 Å². The Morgan fingerprint density at radius 1 is 0.952 bits per heavy atom. The predicted molar refractivity (Wildman–Crippen MR) is 93.0 cm³/mol. The van der Waals surface area contributed by atoms with Gasteiger partial charge in [-0.15, -0.1) is 11.3 Å². The fourth-order valence-corrected chi connectivity index (χ4v) is 3.65. The van der Waals surface area contributed by atoms with Crippen LogP contribution in [0.5, 0.6) is 0 Å². The third kappa shape index (κ3) is 3.02. The van der Waals surface area contributed by atoms with Crippen molar-refractivity contribution in [1.29, 1.82) is 0 Å². The van der Waals surface area contributed by atoms with Gasteiger partial charge in [0, 0.05) is 10.7 Å². The van der Waals surface area contributed by atoms with Gasteiger partial charge in [-0.05, 0) is 45.9 Å². The molecule has 3 rings (SSSR count). The molecular formula is C19H21NS. The lowest BCUT2D eigenvalue weighted by molar-refractivity contribution is 0.725. The summed E-state index contributed by atoms with van der Waals surface area (Å²) in [6, 6.07) is 17.4. The topological polar surface area (TPSA) is 26.0 Å². The van der Waals surface area contributed by atoms with E-state index >= 15 is 0 Å². The van der Waals surface area contributed by atoms with Crippen molar-refractivity contribution in [2.75, 3.05) is 0 Å². The van der Waals surface area contributed by atoms with Gasteiger partial charge in [0.1, 0.15) is 0 Å². The Morgan fingerprint density at radius 2 is 1.62 bits per heavy atom. The van der Waals surface area contributed by atoms with Crippen molar-refractivity contribution < 1.29 is 0 Å². The van der Waals surface area contributed by atoms with Gasteiger partial charge in [-0.2, -0.15) is 0 Å². The summed E-state index contributed by atoms with van der Waals surface area (Å²) in [5.41, 5.74) is 10.4. The highest BCUT2D eigenvalue weighted by molar-refractivity contribution is 7.17. The molecule has 0 fully saturated rings. The number of hydrogen-bond acceptors (Lipinski definition) is 2. The Kier molecular flexibility index (Phi) is 4.09. The highest BCUT2D eigenvalue weighted by atomic mass is 32.1. The second-order valence-corrected chi connectivity index (χ2v) is 6.80. The van der Waals surface area contributed by atoms with Gasteiger partial charge in [-0.25, -0.2) is 0 Å². The van der Waals surface area contributed by atoms with Crippen LogP contribution in [0.25, 0.3) is 10.1 Å². The molecule has 21 heavy (non-hydrogen) atoms. The van der Waals surface area contributed by atoms with Gasteiger partial charge in [-0.3, -0.25) is 0 Å². The number of rotatable bonds is 4. The molecular weight excluding hydrogens is 274 g/mol. The summed E-state index contributed by atoms with van der Waals surface area (Å²) in [4.78, 5) is 0. The van der Waals surface area contributed by atoms with E-state index in [9.17, 15) is 0 Å². The largest absolute Gasteiger partial charge is 0.324 e. The molecule has 2 aromatic carbocycles. The average molecular weight is 295 g/mol. The van der Waals surface area contributed by atoms with Crippen molar-refractivity contribution in [3.05, 3.63) is 70.6 Å². The van der Waals surface area contributed by atoms with Crippen LogP contribution in [0.15, 0.2) is 53.9 Å². The molecule has 0 saturated carbocycles. The average Bonchev–Trinajstić information content (AvgIpc) is 2.91. The van der Waals surface area contributed by atoms with Crippen LogP contribution in [-0.4, -0.2) is 0 Å². The Bertz CT molecular complexity index is 725. The lowest BCUT2D eigenvalue weighted by Crippen LogP contribution is -2.13. The van der Waals surface area contributed by atoms with Crippen LogP contribution in [0, 0.1) is 0 Å². The van der Waals surface area contributed by atoms with Crippen molar-refractivity contribution in [2.24, 2.45) is 5.73 Å². The van der Waals surface area contributed by atoms with Gasteiger partial charge < -0.3 is 5.73 Å². The first-order chi connectivity index (χ1) is 10.1. The van der Waals surface area contributed by atoms with E-state index < -0.39 is 0 Å². The first kappa shape index (κ1) is 14.3. The molecule has 1 heterocycles. The van der Waals surface area contributed by atoms with Crippen LogP contribution in [-0.2, 0) is 6.42 Å². The normalized spacial score (nSPS) is 13.0. The standard InChI is InChI=1S/C19H21NS/c1-13(2)14-7-9-15(10-8-14)18(20)11-16-12-21-19-6-4-3-5-17(16)19/h3-10,12-13,18H,11,20H2,1-2H3. The summed E-state index contributed by atoms with van der Waals surface area (Å²) < 4.78 is 1.34. The summed E-state index contributed by atoms with van der Waals surface area (Å²) >= 11 is 1.80. The summed E-state index contributed by atoms with van der Waals surface area (Å²) in [5, 5.41) is 3.59. The van der Waals surface area contributed by atoms with Crippen LogP contribution >= 0.6 is 11.3 Å². The molecule has 0 aliphatic heterocycles. The monoisotopic (exact) mass is 295 g/mol. The van der Waals surface area contributed by atoms with Crippen molar-refractivity contribution in [3.63, 3.8) is 0 Å². The van der Waals surface area contributed by atoms with E-state index in [1.807, 2.05) is 0 Å². The maximum atomic E-state index is 6.41. The van der Waals surface area contributed by atoms with E-state index in [-0.39, 0.29) is 6.04 Å². The maximum absolute atomic E-state index is 6.41. The van der Waals surface area contributed by atoms with Crippen LogP contribution in [0.1, 0.15) is 42.5 Å².